The first-order chi connectivity index (χ1) is 7.60. The summed E-state index contributed by atoms with van der Waals surface area (Å²) in [6.07, 6.45) is 0. The Morgan fingerprint density at radius 2 is 2.12 bits per heavy atom. The standard InChI is InChI=1S/C10H13NO5/c1-15-8-4-6(10(13)14)3-7(9(8)12)5-11-16-2/h3-4,11-12H,5H2,1-2H3,(H,13,14). The number of phenolic OH excluding ortho intramolecular Hbond substituents is 1. The molecule has 0 heterocycles. The van der Waals surface area contributed by atoms with E-state index in [-0.39, 0.29) is 23.6 Å². The molecule has 0 aromatic heterocycles. The number of carboxylic acid groups (broad SMARTS) is 1. The van der Waals surface area contributed by atoms with Crippen LogP contribution in [0.1, 0.15) is 15.9 Å². The second kappa shape index (κ2) is 5.34. The molecular weight excluding hydrogens is 214 g/mol. The number of methoxy groups -OCH3 is 1. The zero-order valence-electron chi connectivity index (χ0n) is 8.98. The first kappa shape index (κ1) is 12.3. The molecule has 0 atom stereocenters. The lowest BCUT2D eigenvalue weighted by Gasteiger charge is -2.10. The van der Waals surface area contributed by atoms with Crippen LogP contribution in [0.3, 0.4) is 0 Å². The minimum Gasteiger partial charge on any atom is -0.504 e. The molecule has 3 N–H and O–H groups in total. The molecule has 0 aliphatic carbocycles. The van der Waals surface area contributed by atoms with Gasteiger partial charge in [0.05, 0.1) is 19.8 Å². The first-order valence-corrected chi connectivity index (χ1v) is 4.49. The van der Waals surface area contributed by atoms with Crippen molar-refractivity contribution >= 4 is 5.97 Å². The first-order valence-electron chi connectivity index (χ1n) is 4.49. The van der Waals surface area contributed by atoms with E-state index in [0.29, 0.717) is 5.56 Å². The Kier molecular flexibility index (Phi) is 4.10. The SMILES string of the molecule is CONCc1cc(C(=O)O)cc(OC)c1O. The van der Waals surface area contributed by atoms with Crippen molar-refractivity contribution in [2.24, 2.45) is 0 Å². The maximum Gasteiger partial charge on any atom is 0.335 e. The summed E-state index contributed by atoms with van der Waals surface area (Å²) in [5, 5.41) is 18.6. The summed E-state index contributed by atoms with van der Waals surface area (Å²) in [6, 6.07) is 2.61. The van der Waals surface area contributed by atoms with Crippen molar-refractivity contribution in [2.45, 2.75) is 6.54 Å². The molecule has 0 spiro atoms. The lowest BCUT2D eigenvalue weighted by atomic mass is 10.1. The molecular formula is C10H13NO5. The van der Waals surface area contributed by atoms with Gasteiger partial charge in [0.25, 0.3) is 0 Å². The van der Waals surface area contributed by atoms with Crippen LogP contribution in [-0.2, 0) is 11.4 Å². The predicted octanol–water partition coefficient (Wildman–Crippen LogP) is 0.750. The molecule has 0 saturated carbocycles. The molecule has 6 nitrogen and oxygen atoms in total. The van der Waals surface area contributed by atoms with Crippen LogP contribution in [0.15, 0.2) is 12.1 Å². The van der Waals surface area contributed by atoms with Gasteiger partial charge in [0.15, 0.2) is 11.5 Å². The monoisotopic (exact) mass is 227 g/mol. The fourth-order valence-corrected chi connectivity index (χ4v) is 1.23. The quantitative estimate of drug-likeness (QED) is 0.643. The van der Waals surface area contributed by atoms with Crippen LogP contribution in [0.5, 0.6) is 11.5 Å². The molecule has 0 aliphatic rings. The van der Waals surface area contributed by atoms with Gasteiger partial charge in [0.2, 0.25) is 0 Å². The third kappa shape index (κ3) is 2.62. The molecule has 1 aromatic rings. The summed E-state index contributed by atoms with van der Waals surface area (Å²) in [7, 11) is 2.78. The van der Waals surface area contributed by atoms with Crippen LogP contribution in [-0.4, -0.2) is 30.4 Å². The van der Waals surface area contributed by atoms with Gasteiger partial charge in [0.1, 0.15) is 0 Å². The Labute approximate surface area is 92.4 Å². The van der Waals surface area contributed by atoms with Gasteiger partial charge >= 0.3 is 5.97 Å². The van der Waals surface area contributed by atoms with Crippen LogP contribution in [0, 0.1) is 0 Å². The van der Waals surface area contributed by atoms with Crippen molar-refractivity contribution in [3.05, 3.63) is 23.3 Å². The summed E-state index contributed by atoms with van der Waals surface area (Å²) in [5.41, 5.74) is 2.95. The van der Waals surface area contributed by atoms with E-state index in [1.807, 2.05) is 0 Å². The molecule has 0 saturated heterocycles. The van der Waals surface area contributed by atoms with Crippen LogP contribution >= 0.6 is 0 Å². The Morgan fingerprint density at radius 1 is 1.44 bits per heavy atom. The number of ether oxygens (including phenoxy) is 1. The van der Waals surface area contributed by atoms with Gasteiger partial charge in [-0.25, -0.2) is 4.79 Å². The Bertz CT molecular complexity index is 391. The van der Waals surface area contributed by atoms with Crippen LogP contribution in [0.4, 0.5) is 0 Å². The van der Waals surface area contributed by atoms with Crippen molar-refractivity contribution in [1.82, 2.24) is 5.48 Å². The lowest BCUT2D eigenvalue weighted by Crippen LogP contribution is -2.12. The summed E-state index contributed by atoms with van der Waals surface area (Å²) in [6.45, 7) is 0.180. The van der Waals surface area contributed by atoms with Crippen LogP contribution < -0.4 is 10.2 Å². The summed E-state index contributed by atoms with van der Waals surface area (Å²) in [5.74, 6) is -1.07. The highest BCUT2D eigenvalue weighted by molar-refractivity contribution is 5.89. The van der Waals surface area contributed by atoms with Gasteiger partial charge in [-0.1, -0.05) is 0 Å². The number of hydroxylamine groups is 1. The number of carboxylic acids is 1. The Balaban J connectivity index is 3.13. The topological polar surface area (TPSA) is 88.0 Å². The summed E-state index contributed by atoms with van der Waals surface area (Å²) < 4.78 is 4.87. The average molecular weight is 227 g/mol. The number of benzene rings is 1. The van der Waals surface area contributed by atoms with E-state index in [4.69, 9.17) is 9.84 Å². The van der Waals surface area contributed by atoms with Gasteiger partial charge in [-0.05, 0) is 12.1 Å². The number of aromatic hydroxyl groups is 1. The molecule has 0 radical (unpaired) electrons. The van der Waals surface area contributed by atoms with Crippen molar-refractivity contribution in [1.29, 1.82) is 0 Å². The fourth-order valence-electron chi connectivity index (χ4n) is 1.23. The molecule has 6 heteroatoms. The average Bonchev–Trinajstić information content (AvgIpc) is 2.27. The van der Waals surface area contributed by atoms with Crippen LogP contribution in [0.25, 0.3) is 0 Å². The highest BCUT2D eigenvalue weighted by atomic mass is 16.6. The van der Waals surface area contributed by atoms with E-state index < -0.39 is 5.97 Å². The van der Waals surface area contributed by atoms with Crippen LogP contribution in [0.2, 0.25) is 0 Å². The number of hydrogen-bond donors (Lipinski definition) is 3. The van der Waals surface area contributed by atoms with Crippen molar-refractivity contribution < 1.29 is 24.6 Å². The van der Waals surface area contributed by atoms with Crippen molar-refractivity contribution in [3.63, 3.8) is 0 Å². The highest BCUT2D eigenvalue weighted by Crippen LogP contribution is 2.31. The molecule has 0 bridgehead atoms. The molecule has 0 fully saturated rings. The van der Waals surface area contributed by atoms with Gasteiger partial charge in [-0.15, -0.1) is 0 Å². The minimum absolute atomic E-state index is 0.0440. The zero-order valence-corrected chi connectivity index (χ0v) is 8.98. The number of nitrogens with one attached hydrogen (secondary N) is 1. The van der Waals surface area contributed by atoms with E-state index in [1.54, 1.807) is 0 Å². The summed E-state index contributed by atoms with van der Waals surface area (Å²) in [4.78, 5) is 15.4. The largest absolute Gasteiger partial charge is 0.504 e. The molecule has 0 unspecified atom stereocenters. The number of aromatic carboxylic acids is 1. The lowest BCUT2D eigenvalue weighted by molar-refractivity contribution is 0.0695. The maximum absolute atomic E-state index is 10.8. The summed E-state index contributed by atoms with van der Waals surface area (Å²) >= 11 is 0. The van der Waals surface area contributed by atoms with Gasteiger partial charge in [0, 0.05) is 12.1 Å². The second-order valence-corrected chi connectivity index (χ2v) is 3.02. The minimum atomic E-state index is -1.09. The number of hydrogen-bond acceptors (Lipinski definition) is 5. The molecule has 1 aromatic carbocycles. The predicted molar refractivity (Wildman–Crippen MR) is 55.5 cm³/mol. The number of carbonyl (C=O) groups is 1. The molecule has 1 rings (SSSR count). The van der Waals surface area contributed by atoms with Gasteiger partial charge in [-0.2, -0.15) is 5.48 Å². The number of rotatable bonds is 5. The smallest absolute Gasteiger partial charge is 0.335 e. The van der Waals surface area contributed by atoms with E-state index in [1.165, 1.54) is 26.4 Å². The van der Waals surface area contributed by atoms with E-state index in [9.17, 15) is 9.90 Å². The third-order valence-electron chi connectivity index (χ3n) is 2.03. The molecule has 16 heavy (non-hydrogen) atoms. The third-order valence-corrected chi connectivity index (χ3v) is 2.03. The Morgan fingerprint density at radius 3 is 2.62 bits per heavy atom. The zero-order chi connectivity index (χ0) is 12.1. The molecule has 0 aliphatic heterocycles. The number of phenols is 1. The molecule has 0 amide bonds. The van der Waals surface area contributed by atoms with Crippen molar-refractivity contribution in [2.75, 3.05) is 14.2 Å². The van der Waals surface area contributed by atoms with E-state index in [2.05, 4.69) is 10.3 Å². The molecule has 88 valence electrons. The Hall–Kier alpha value is -1.79. The normalized spacial score (nSPS) is 10.1. The highest BCUT2D eigenvalue weighted by Gasteiger charge is 2.13. The van der Waals surface area contributed by atoms with Gasteiger partial charge < -0.3 is 19.8 Å². The fraction of sp³-hybridized carbons (Fsp3) is 0.300. The van der Waals surface area contributed by atoms with E-state index in [0.717, 1.165) is 0 Å². The maximum atomic E-state index is 10.8. The second-order valence-electron chi connectivity index (χ2n) is 3.02. The van der Waals surface area contributed by atoms with Gasteiger partial charge in [-0.3, -0.25) is 0 Å². The van der Waals surface area contributed by atoms with Crippen molar-refractivity contribution in [3.8, 4) is 11.5 Å². The van der Waals surface area contributed by atoms with E-state index >= 15 is 0 Å².